The normalized spacial score (nSPS) is 15.1. The Labute approximate surface area is 184 Å². The van der Waals surface area contributed by atoms with Gasteiger partial charge in [0.15, 0.2) is 0 Å². The zero-order valence-corrected chi connectivity index (χ0v) is 18.9. The molecule has 0 unspecified atom stereocenters. The molecule has 3 heterocycles. The van der Waals surface area contributed by atoms with Crippen LogP contribution in [0, 0.1) is 19.8 Å². The third-order valence-electron chi connectivity index (χ3n) is 5.69. The lowest BCUT2D eigenvalue weighted by atomic mass is 9.95. The van der Waals surface area contributed by atoms with E-state index in [9.17, 15) is 4.79 Å². The predicted molar refractivity (Wildman–Crippen MR) is 122 cm³/mol. The van der Waals surface area contributed by atoms with Crippen LogP contribution in [0.4, 0.5) is 11.5 Å². The number of nitrogens with zero attached hydrogens (tertiary/aromatic N) is 4. The van der Waals surface area contributed by atoms with E-state index in [-0.39, 0.29) is 11.8 Å². The first-order chi connectivity index (χ1) is 13.9. The van der Waals surface area contributed by atoms with Crippen molar-refractivity contribution in [2.24, 2.45) is 5.92 Å². The third kappa shape index (κ3) is 3.81. The van der Waals surface area contributed by atoms with Gasteiger partial charge in [0.2, 0.25) is 5.91 Å². The van der Waals surface area contributed by atoms with E-state index in [0.29, 0.717) is 15.7 Å². The maximum atomic E-state index is 13.1. The van der Waals surface area contributed by atoms with Gasteiger partial charge in [-0.3, -0.25) is 4.79 Å². The Balaban J connectivity index is 1.50. The average molecular weight is 449 g/mol. The van der Waals surface area contributed by atoms with E-state index >= 15 is 0 Å². The minimum Gasteiger partial charge on any atom is -0.356 e. The Morgan fingerprint density at radius 1 is 1.21 bits per heavy atom. The molecule has 1 fully saturated rings. The van der Waals surface area contributed by atoms with Crippen LogP contribution in [0.2, 0.25) is 10.0 Å². The minimum atomic E-state index is -0.0473. The molecule has 152 valence electrons. The van der Waals surface area contributed by atoms with E-state index < -0.39 is 0 Å². The Kier molecular flexibility index (Phi) is 5.69. The van der Waals surface area contributed by atoms with E-state index in [1.165, 1.54) is 10.4 Å². The zero-order chi connectivity index (χ0) is 20.7. The maximum absolute atomic E-state index is 13.1. The number of aryl methyl sites for hydroxylation is 2. The molecule has 2 aromatic heterocycles. The molecule has 5 nitrogen and oxygen atoms in total. The van der Waals surface area contributed by atoms with Gasteiger partial charge in [0.25, 0.3) is 0 Å². The van der Waals surface area contributed by atoms with Gasteiger partial charge in [0.1, 0.15) is 17.0 Å². The predicted octanol–water partition coefficient (Wildman–Crippen LogP) is 5.49. The van der Waals surface area contributed by atoms with E-state index in [1.807, 2.05) is 0 Å². The SMILES string of the molecule is Cc1sc2ncnc(N3CCC(C(=O)N(C)c4cc(Cl)ccc4Cl)CC3)c2c1C. The first kappa shape index (κ1) is 20.4. The summed E-state index contributed by atoms with van der Waals surface area (Å²) in [5, 5.41) is 2.23. The van der Waals surface area contributed by atoms with Gasteiger partial charge in [-0.05, 0) is 50.5 Å². The molecule has 0 bridgehead atoms. The average Bonchev–Trinajstić information content (AvgIpc) is 3.03. The van der Waals surface area contributed by atoms with Crippen molar-refractivity contribution in [3.63, 3.8) is 0 Å². The van der Waals surface area contributed by atoms with Gasteiger partial charge in [-0.1, -0.05) is 23.2 Å². The van der Waals surface area contributed by atoms with Gasteiger partial charge in [-0.2, -0.15) is 0 Å². The standard InChI is InChI=1S/C21H22Cl2N4OS/c1-12-13(2)29-20-18(12)19(24-11-25-20)27-8-6-14(7-9-27)21(28)26(3)17-10-15(22)4-5-16(17)23/h4-5,10-11,14H,6-9H2,1-3H3. The third-order valence-corrected chi connectivity index (χ3v) is 7.36. The minimum absolute atomic E-state index is 0.0473. The summed E-state index contributed by atoms with van der Waals surface area (Å²) >= 11 is 14.1. The molecule has 1 aliphatic rings. The molecule has 3 aromatic rings. The molecule has 1 amide bonds. The van der Waals surface area contributed by atoms with E-state index in [2.05, 4.69) is 28.7 Å². The molecule has 0 N–H and O–H groups in total. The van der Waals surface area contributed by atoms with Crippen LogP contribution in [-0.2, 0) is 4.79 Å². The molecule has 29 heavy (non-hydrogen) atoms. The van der Waals surface area contributed by atoms with Gasteiger partial charge in [0, 0.05) is 36.0 Å². The van der Waals surface area contributed by atoms with Gasteiger partial charge in [-0.25, -0.2) is 9.97 Å². The Morgan fingerprint density at radius 3 is 2.66 bits per heavy atom. The molecule has 0 aliphatic carbocycles. The molecule has 0 spiro atoms. The number of hydrogen-bond donors (Lipinski definition) is 0. The van der Waals surface area contributed by atoms with Crippen molar-refractivity contribution < 1.29 is 4.79 Å². The van der Waals surface area contributed by atoms with Gasteiger partial charge < -0.3 is 9.80 Å². The highest BCUT2D eigenvalue weighted by Gasteiger charge is 2.30. The number of anilines is 2. The molecule has 1 aliphatic heterocycles. The second-order valence-corrected chi connectivity index (χ2v) is 9.46. The topological polar surface area (TPSA) is 49.3 Å². The smallest absolute Gasteiger partial charge is 0.230 e. The lowest BCUT2D eigenvalue weighted by Crippen LogP contribution is -2.41. The summed E-state index contributed by atoms with van der Waals surface area (Å²) < 4.78 is 0. The van der Waals surface area contributed by atoms with Crippen LogP contribution in [0.5, 0.6) is 0 Å². The molecule has 4 rings (SSSR count). The van der Waals surface area contributed by atoms with E-state index in [0.717, 1.165) is 42.0 Å². The van der Waals surface area contributed by atoms with Crippen molar-refractivity contribution in [1.29, 1.82) is 0 Å². The number of benzene rings is 1. The number of thiophene rings is 1. The lowest BCUT2D eigenvalue weighted by molar-refractivity contribution is -0.122. The molecule has 0 atom stereocenters. The summed E-state index contributed by atoms with van der Waals surface area (Å²) in [6.07, 6.45) is 3.18. The molecule has 1 saturated heterocycles. The van der Waals surface area contributed by atoms with E-state index in [4.69, 9.17) is 23.2 Å². The van der Waals surface area contributed by atoms with E-state index in [1.54, 1.807) is 47.8 Å². The number of fused-ring (bicyclic) bond motifs is 1. The summed E-state index contributed by atoms with van der Waals surface area (Å²) in [5.74, 6) is 1.01. The largest absolute Gasteiger partial charge is 0.356 e. The molecule has 0 saturated carbocycles. The van der Waals surface area contributed by atoms with Crippen molar-refractivity contribution in [2.45, 2.75) is 26.7 Å². The Bertz CT molecular complexity index is 1080. The van der Waals surface area contributed by atoms with Crippen molar-refractivity contribution in [1.82, 2.24) is 9.97 Å². The van der Waals surface area contributed by atoms with Gasteiger partial charge in [-0.15, -0.1) is 11.3 Å². The van der Waals surface area contributed by atoms with Crippen LogP contribution in [0.1, 0.15) is 23.3 Å². The molecule has 0 radical (unpaired) electrons. The number of halogens is 2. The Hall–Kier alpha value is -1.89. The summed E-state index contributed by atoms with van der Waals surface area (Å²) in [6.45, 7) is 5.82. The number of carbonyl (C=O) groups excluding carboxylic acids is 1. The first-order valence-electron chi connectivity index (χ1n) is 9.55. The highest BCUT2D eigenvalue weighted by molar-refractivity contribution is 7.18. The summed E-state index contributed by atoms with van der Waals surface area (Å²) in [5.41, 5.74) is 1.89. The highest BCUT2D eigenvalue weighted by Crippen LogP contribution is 2.36. The first-order valence-corrected chi connectivity index (χ1v) is 11.1. The van der Waals surface area contributed by atoms with Crippen LogP contribution in [-0.4, -0.2) is 36.0 Å². The fourth-order valence-corrected chi connectivity index (χ4v) is 5.28. The van der Waals surface area contributed by atoms with Gasteiger partial charge in [0.05, 0.1) is 16.1 Å². The molecule has 1 aromatic carbocycles. The zero-order valence-electron chi connectivity index (χ0n) is 16.6. The number of piperidine rings is 1. The number of amides is 1. The van der Waals surface area contributed by atoms with Crippen LogP contribution in [0.25, 0.3) is 10.2 Å². The fourth-order valence-electron chi connectivity index (χ4n) is 3.88. The number of hydrogen-bond acceptors (Lipinski definition) is 5. The maximum Gasteiger partial charge on any atom is 0.230 e. The van der Waals surface area contributed by atoms with Crippen LogP contribution in [0.3, 0.4) is 0 Å². The van der Waals surface area contributed by atoms with Crippen LogP contribution < -0.4 is 9.80 Å². The lowest BCUT2D eigenvalue weighted by Gasteiger charge is -2.34. The molecular weight excluding hydrogens is 427 g/mol. The van der Waals surface area contributed by atoms with Crippen molar-refractivity contribution >= 4 is 62.2 Å². The summed E-state index contributed by atoms with van der Waals surface area (Å²) in [6, 6.07) is 5.17. The number of rotatable bonds is 3. The van der Waals surface area contributed by atoms with Crippen LogP contribution >= 0.6 is 34.5 Å². The van der Waals surface area contributed by atoms with Crippen LogP contribution in [0.15, 0.2) is 24.5 Å². The second kappa shape index (κ2) is 8.09. The van der Waals surface area contributed by atoms with Crippen molar-refractivity contribution in [2.75, 3.05) is 29.9 Å². The summed E-state index contributed by atoms with van der Waals surface area (Å²) in [4.78, 5) is 28.3. The quantitative estimate of drug-likeness (QED) is 0.530. The molecule has 8 heteroatoms. The highest BCUT2D eigenvalue weighted by atomic mass is 35.5. The number of aromatic nitrogens is 2. The van der Waals surface area contributed by atoms with Gasteiger partial charge >= 0.3 is 0 Å². The summed E-state index contributed by atoms with van der Waals surface area (Å²) in [7, 11) is 1.76. The second-order valence-electron chi connectivity index (χ2n) is 7.41. The molecular formula is C21H22Cl2N4OS. The Morgan fingerprint density at radius 2 is 1.93 bits per heavy atom. The van der Waals surface area contributed by atoms with Crippen molar-refractivity contribution in [3.8, 4) is 0 Å². The fraction of sp³-hybridized carbons (Fsp3) is 0.381. The number of carbonyl (C=O) groups is 1. The van der Waals surface area contributed by atoms with Crippen molar-refractivity contribution in [3.05, 3.63) is 45.0 Å². The monoisotopic (exact) mass is 448 g/mol.